The summed E-state index contributed by atoms with van der Waals surface area (Å²) >= 11 is 0. The average molecular weight is 286 g/mol. The van der Waals surface area contributed by atoms with Gasteiger partial charge in [-0.3, -0.25) is 9.69 Å². The molecule has 4 heteroatoms. The molecule has 1 aliphatic rings. The van der Waals surface area contributed by atoms with Gasteiger partial charge in [0, 0.05) is 31.6 Å². The Labute approximate surface area is 126 Å². The number of aliphatic hydroxyl groups excluding tert-OH is 1. The number of carbonyl (C=O) groups excluding carboxylic acids is 1. The SMILES string of the molecule is CCC1C(=O)NCCN1Cc1cccc(C#CCCO)c1. The predicted molar refractivity (Wildman–Crippen MR) is 82.5 cm³/mol. The lowest BCUT2D eigenvalue weighted by atomic mass is 10.1. The van der Waals surface area contributed by atoms with Gasteiger partial charge in [0.25, 0.3) is 0 Å². The molecule has 21 heavy (non-hydrogen) atoms. The van der Waals surface area contributed by atoms with Crippen LogP contribution in [-0.4, -0.2) is 41.7 Å². The summed E-state index contributed by atoms with van der Waals surface area (Å²) in [4.78, 5) is 14.1. The van der Waals surface area contributed by atoms with Crippen LogP contribution in [0.3, 0.4) is 0 Å². The average Bonchev–Trinajstić information content (AvgIpc) is 2.48. The highest BCUT2D eigenvalue weighted by atomic mass is 16.2. The molecule has 1 aliphatic heterocycles. The zero-order chi connectivity index (χ0) is 15.1. The minimum absolute atomic E-state index is 0.0390. The molecule has 2 rings (SSSR count). The Hall–Kier alpha value is -1.83. The minimum Gasteiger partial charge on any atom is -0.395 e. The lowest BCUT2D eigenvalue weighted by molar-refractivity contribution is -0.129. The molecule has 1 fully saturated rings. The number of amides is 1. The fourth-order valence-electron chi connectivity index (χ4n) is 2.60. The summed E-state index contributed by atoms with van der Waals surface area (Å²) < 4.78 is 0. The molecule has 1 aromatic rings. The Kier molecular flexibility index (Phi) is 5.79. The van der Waals surface area contributed by atoms with Crippen LogP contribution in [0.2, 0.25) is 0 Å². The van der Waals surface area contributed by atoms with Crippen molar-refractivity contribution < 1.29 is 9.90 Å². The largest absolute Gasteiger partial charge is 0.395 e. The van der Waals surface area contributed by atoms with Gasteiger partial charge >= 0.3 is 0 Å². The van der Waals surface area contributed by atoms with E-state index in [0.717, 1.165) is 25.1 Å². The Morgan fingerprint density at radius 2 is 2.33 bits per heavy atom. The molecule has 0 radical (unpaired) electrons. The third-order valence-corrected chi connectivity index (χ3v) is 3.61. The Bertz CT molecular complexity index is 545. The third-order valence-electron chi connectivity index (χ3n) is 3.61. The highest BCUT2D eigenvalue weighted by Gasteiger charge is 2.27. The number of hydrogen-bond donors (Lipinski definition) is 2. The van der Waals surface area contributed by atoms with Gasteiger partial charge in [-0.2, -0.15) is 0 Å². The molecular weight excluding hydrogens is 264 g/mol. The van der Waals surface area contributed by atoms with Crippen molar-refractivity contribution >= 4 is 5.91 Å². The first-order chi connectivity index (χ1) is 10.2. The van der Waals surface area contributed by atoms with E-state index in [4.69, 9.17) is 5.11 Å². The summed E-state index contributed by atoms with van der Waals surface area (Å²) in [5.41, 5.74) is 2.12. The molecule has 0 spiro atoms. The van der Waals surface area contributed by atoms with Gasteiger partial charge in [0.05, 0.1) is 12.6 Å². The summed E-state index contributed by atoms with van der Waals surface area (Å²) in [5, 5.41) is 11.7. The number of hydrogen-bond acceptors (Lipinski definition) is 3. The lowest BCUT2D eigenvalue weighted by Gasteiger charge is -2.34. The monoisotopic (exact) mass is 286 g/mol. The summed E-state index contributed by atoms with van der Waals surface area (Å²) in [7, 11) is 0. The predicted octanol–water partition coefficient (Wildman–Crippen LogP) is 1.13. The standard InChI is InChI=1S/C17H22N2O2/c1-2-16-17(21)18-9-10-19(16)13-15-8-5-7-14(12-15)6-3-4-11-20/h5,7-8,12,16,20H,2,4,9-11,13H2,1H3,(H,18,21). The second kappa shape index (κ2) is 7.82. The van der Waals surface area contributed by atoms with Crippen molar-refractivity contribution in [3.63, 3.8) is 0 Å². The van der Waals surface area contributed by atoms with E-state index in [9.17, 15) is 4.79 Å². The van der Waals surface area contributed by atoms with E-state index in [2.05, 4.69) is 34.2 Å². The van der Waals surface area contributed by atoms with E-state index in [0.29, 0.717) is 13.0 Å². The van der Waals surface area contributed by atoms with Crippen LogP contribution in [0.15, 0.2) is 24.3 Å². The fourth-order valence-corrected chi connectivity index (χ4v) is 2.60. The van der Waals surface area contributed by atoms with E-state index in [1.807, 2.05) is 19.1 Å². The summed E-state index contributed by atoms with van der Waals surface area (Å²) in [6.45, 7) is 4.49. The quantitative estimate of drug-likeness (QED) is 0.816. The Balaban J connectivity index is 2.07. The van der Waals surface area contributed by atoms with Crippen molar-refractivity contribution in [2.75, 3.05) is 19.7 Å². The molecule has 1 aromatic carbocycles. The highest BCUT2D eigenvalue weighted by Crippen LogP contribution is 2.14. The number of nitrogens with zero attached hydrogens (tertiary/aromatic N) is 1. The molecule has 0 saturated carbocycles. The number of piperazine rings is 1. The Morgan fingerprint density at radius 1 is 1.48 bits per heavy atom. The van der Waals surface area contributed by atoms with Gasteiger partial charge in [0.1, 0.15) is 0 Å². The van der Waals surface area contributed by atoms with Gasteiger partial charge in [0.2, 0.25) is 5.91 Å². The van der Waals surface area contributed by atoms with Crippen molar-refractivity contribution in [3.8, 4) is 11.8 Å². The maximum Gasteiger partial charge on any atom is 0.237 e. The van der Waals surface area contributed by atoms with Crippen molar-refractivity contribution in [3.05, 3.63) is 35.4 Å². The molecule has 1 saturated heterocycles. The van der Waals surface area contributed by atoms with E-state index < -0.39 is 0 Å². The molecule has 0 aromatic heterocycles. The smallest absolute Gasteiger partial charge is 0.237 e. The topological polar surface area (TPSA) is 52.6 Å². The Morgan fingerprint density at radius 3 is 3.10 bits per heavy atom. The molecule has 112 valence electrons. The maximum absolute atomic E-state index is 11.9. The highest BCUT2D eigenvalue weighted by molar-refractivity contribution is 5.82. The summed E-state index contributed by atoms with van der Waals surface area (Å²) in [5.74, 6) is 6.11. The van der Waals surface area contributed by atoms with Crippen LogP contribution in [0.4, 0.5) is 0 Å². The van der Waals surface area contributed by atoms with Crippen LogP contribution >= 0.6 is 0 Å². The van der Waals surface area contributed by atoms with Crippen molar-refractivity contribution in [1.29, 1.82) is 0 Å². The first-order valence-electron chi connectivity index (χ1n) is 7.45. The van der Waals surface area contributed by atoms with Crippen LogP contribution in [0.25, 0.3) is 0 Å². The van der Waals surface area contributed by atoms with Crippen molar-refractivity contribution in [2.24, 2.45) is 0 Å². The molecule has 1 heterocycles. The molecular formula is C17H22N2O2. The number of carbonyl (C=O) groups is 1. The third kappa shape index (κ3) is 4.32. The first-order valence-corrected chi connectivity index (χ1v) is 7.45. The lowest BCUT2D eigenvalue weighted by Crippen LogP contribution is -2.54. The van der Waals surface area contributed by atoms with E-state index >= 15 is 0 Å². The maximum atomic E-state index is 11.9. The van der Waals surface area contributed by atoms with Crippen LogP contribution < -0.4 is 5.32 Å². The zero-order valence-corrected chi connectivity index (χ0v) is 12.4. The van der Waals surface area contributed by atoms with Crippen LogP contribution in [0.1, 0.15) is 30.9 Å². The molecule has 4 nitrogen and oxygen atoms in total. The van der Waals surface area contributed by atoms with E-state index in [1.54, 1.807) is 0 Å². The molecule has 1 atom stereocenters. The molecule has 1 unspecified atom stereocenters. The van der Waals surface area contributed by atoms with Gasteiger partial charge in [-0.1, -0.05) is 30.9 Å². The van der Waals surface area contributed by atoms with Gasteiger partial charge in [0.15, 0.2) is 0 Å². The number of rotatable bonds is 4. The second-order valence-corrected chi connectivity index (χ2v) is 5.16. The summed E-state index contributed by atoms with van der Waals surface area (Å²) in [6.07, 6.45) is 1.32. The second-order valence-electron chi connectivity index (χ2n) is 5.16. The fraction of sp³-hybridized carbons (Fsp3) is 0.471. The van der Waals surface area contributed by atoms with Crippen molar-refractivity contribution in [2.45, 2.75) is 32.4 Å². The summed E-state index contributed by atoms with van der Waals surface area (Å²) in [6, 6.07) is 8.04. The first kappa shape index (κ1) is 15.6. The van der Waals surface area contributed by atoms with Crippen LogP contribution in [0, 0.1) is 11.8 Å². The van der Waals surface area contributed by atoms with Gasteiger partial charge in [-0.05, 0) is 24.1 Å². The van der Waals surface area contributed by atoms with Gasteiger partial charge in [-0.15, -0.1) is 0 Å². The van der Waals surface area contributed by atoms with Gasteiger partial charge in [-0.25, -0.2) is 0 Å². The minimum atomic E-state index is -0.0390. The van der Waals surface area contributed by atoms with Gasteiger partial charge < -0.3 is 10.4 Å². The molecule has 1 amide bonds. The van der Waals surface area contributed by atoms with Crippen LogP contribution in [0.5, 0.6) is 0 Å². The normalized spacial score (nSPS) is 18.8. The van der Waals surface area contributed by atoms with E-state index in [-0.39, 0.29) is 18.6 Å². The number of benzene rings is 1. The van der Waals surface area contributed by atoms with Crippen LogP contribution in [-0.2, 0) is 11.3 Å². The van der Waals surface area contributed by atoms with Crippen molar-refractivity contribution in [1.82, 2.24) is 10.2 Å². The zero-order valence-electron chi connectivity index (χ0n) is 12.4. The molecule has 0 aliphatic carbocycles. The molecule has 2 N–H and O–H groups in total. The number of aliphatic hydroxyl groups is 1. The number of nitrogens with one attached hydrogen (secondary N) is 1. The molecule has 0 bridgehead atoms. The van der Waals surface area contributed by atoms with E-state index in [1.165, 1.54) is 5.56 Å².